The highest BCUT2D eigenvalue weighted by Crippen LogP contribution is 2.42. The second-order valence-corrected chi connectivity index (χ2v) is 7.13. The van der Waals surface area contributed by atoms with Crippen molar-refractivity contribution >= 4 is 23.2 Å². The van der Waals surface area contributed by atoms with E-state index in [1.165, 1.54) is 12.1 Å². The van der Waals surface area contributed by atoms with Gasteiger partial charge in [-0.1, -0.05) is 37.6 Å². The summed E-state index contributed by atoms with van der Waals surface area (Å²) in [6.07, 6.45) is -4.26. The van der Waals surface area contributed by atoms with Crippen molar-refractivity contribution in [2.24, 2.45) is 5.92 Å². The molecular weight excluding hydrogens is 385 g/mol. The number of alkyl halides is 3. The van der Waals surface area contributed by atoms with Crippen molar-refractivity contribution < 1.29 is 27.6 Å². The molecule has 0 N–H and O–H groups in total. The standard InChI is InChI=1S/C21H19F3N2O3/c1-2-7-16-17-18(29-26(16)14-9-4-3-5-10-14)20(28)25(19(17)27)15-11-6-8-13(12-15)21(22,23)24/h3-6,8-12,16-18H,2,7H2,1H3/t16-,17-,18+/m1/s1. The molecule has 0 aromatic heterocycles. The molecule has 5 nitrogen and oxygen atoms in total. The molecule has 2 fully saturated rings. The molecule has 0 unspecified atom stereocenters. The van der Waals surface area contributed by atoms with E-state index in [1.54, 1.807) is 5.06 Å². The van der Waals surface area contributed by atoms with E-state index in [-0.39, 0.29) is 11.7 Å². The van der Waals surface area contributed by atoms with Gasteiger partial charge < -0.3 is 0 Å². The Hall–Kier alpha value is -2.87. The first-order valence-corrected chi connectivity index (χ1v) is 9.39. The molecule has 29 heavy (non-hydrogen) atoms. The summed E-state index contributed by atoms with van der Waals surface area (Å²) < 4.78 is 39.2. The average Bonchev–Trinajstić information content (AvgIpc) is 3.18. The molecule has 4 rings (SSSR count). The van der Waals surface area contributed by atoms with Crippen LogP contribution in [0.15, 0.2) is 54.6 Å². The maximum Gasteiger partial charge on any atom is 0.416 e. The van der Waals surface area contributed by atoms with Gasteiger partial charge in [-0.3, -0.25) is 14.4 Å². The first kappa shape index (κ1) is 19.4. The molecule has 0 saturated carbocycles. The van der Waals surface area contributed by atoms with Crippen LogP contribution in [0.25, 0.3) is 0 Å². The van der Waals surface area contributed by atoms with Crippen molar-refractivity contribution in [1.82, 2.24) is 0 Å². The lowest BCUT2D eigenvalue weighted by Crippen LogP contribution is -2.40. The largest absolute Gasteiger partial charge is 0.416 e. The van der Waals surface area contributed by atoms with Gasteiger partial charge in [-0.2, -0.15) is 13.2 Å². The van der Waals surface area contributed by atoms with Crippen LogP contribution in [0.1, 0.15) is 25.3 Å². The number of amides is 2. The molecule has 0 spiro atoms. The Labute approximate surface area is 165 Å². The Bertz CT molecular complexity index is 932. The summed E-state index contributed by atoms with van der Waals surface area (Å²) in [7, 11) is 0. The molecule has 0 bridgehead atoms. The number of hydrogen-bond donors (Lipinski definition) is 0. The lowest BCUT2D eigenvalue weighted by Gasteiger charge is -2.28. The Balaban J connectivity index is 1.68. The summed E-state index contributed by atoms with van der Waals surface area (Å²) in [4.78, 5) is 32.8. The zero-order valence-electron chi connectivity index (χ0n) is 15.6. The van der Waals surface area contributed by atoms with Gasteiger partial charge in [0, 0.05) is 0 Å². The van der Waals surface area contributed by atoms with Crippen molar-refractivity contribution in [2.75, 3.05) is 9.96 Å². The van der Waals surface area contributed by atoms with Crippen molar-refractivity contribution in [2.45, 2.75) is 38.1 Å². The first-order chi connectivity index (χ1) is 13.8. The Morgan fingerprint density at radius 1 is 0.966 bits per heavy atom. The minimum Gasteiger partial charge on any atom is -0.273 e. The number of carbonyl (C=O) groups is 2. The fourth-order valence-corrected chi connectivity index (χ4v) is 3.99. The van der Waals surface area contributed by atoms with Crippen molar-refractivity contribution in [3.63, 3.8) is 0 Å². The van der Waals surface area contributed by atoms with Crippen LogP contribution in [-0.2, 0) is 20.6 Å². The minimum absolute atomic E-state index is 0.0886. The van der Waals surface area contributed by atoms with E-state index in [0.717, 1.165) is 29.1 Å². The molecule has 3 atom stereocenters. The summed E-state index contributed by atoms with van der Waals surface area (Å²) in [5.41, 5.74) is -0.273. The van der Waals surface area contributed by atoms with Gasteiger partial charge in [0.2, 0.25) is 5.91 Å². The fourth-order valence-electron chi connectivity index (χ4n) is 3.99. The Kier molecular flexibility index (Phi) is 4.82. The second kappa shape index (κ2) is 7.18. The van der Waals surface area contributed by atoms with Crippen LogP contribution in [0, 0.1) is 5.92 Å². The van der Waals surface area contributed by atoms with E-state index in [1.807, 2.05) is 37.3 Å². The lowest BCUT2D eigenvalue weighted by molar-refractivity contribution is -0.137. The number of para-hydroxylation sites is 1. The van der Waals surface area contributed by atoms with E-state index in [2.05, 4.69) is 0 Å². The molecule has 2 saturated heterocycles. The van der Waals surface area contributed by atoms with E-state index < -0.39 is 35.6 Å². The molecular formula is C21H19F3N2O3. The maximum absolute atomic E-state index is 13.1. The van der Waals surface area contributed by atoms with Gasteiger partial charge in [0.15, 0.2) is 6.10 Å². The SMILES string of the molecule is CCC[C@@H]1[C@H]2C(=O)N(c3cccc(C(F)(F)F)c3)C(=O)[C@H]2ON1c1ccccc1. The summed E-state index contributed by atoms with van der Waals surface area (Å²) in [5, 5.41) is 1.60. The maximum atomic E-state index is 13.1. The third-order valence-corrected chi connectivity index (χ3v) is 5.27. The molecule has 2 heterocycles. The normalized spacial score (nSPS) is 24.3. The monoisotopic (exact) mass is 404 g/mol. The summed E-state index contributed by atoms with van der Waals surface area (Å²) >= 11 is 0. The number of carbonyl (C=O) groups excluding carboxylic acids is 2. The molecule has 2 aromatic rings. The molecule has 0 aliphatic carbocycles. The molecule has 0 radical (unpaired) electrons. The number of fused-ring (bicyclic) bond motifs is 1. The second-order valence-electron chi connectivity index (χ2n) is 7.13. The van der Waals surface area contributed by atoms with E-state index >= 15 is 0 Å². The highest BCUT2D eigenvalue weighted by atomic mass is 19.4. The zero-order valence-corrected chi connectivity index (χ0v) is 15.6. The third-order valence-electron chi connectivity index (χ3n) is 5.27. The fraction of sp³-hybridized carbons (Fsp3) is 0.333. The Morgan fingerprint density at radius 2 is 1.66 bits per heavy atom. The predicted octanol–water partition coefficient (Wildman–Crippen LogP) is 4.18. The van der Waals surface area contributed by atoms with Gasteiger partial charge in [0.1, 0.15) is 0 Å². The number of hydrogen-bond acceptors (Lipinski definition) is 4. The summed E-state index contributed by atoms with van der Waals surface area (Å²) in [6, 6.07) is 13.0. The molecule has 2 aliphatic heterocycles. The number of rotatable bonds is 4. The van der Waals surface area contributed by atoms with Crippen molar-refractivity contribution in [3.05, 3.63) is 60.2 Å². The number of anilines is 2. The summed E-state index contributed by atoms with van der Waals surface area (Å²) in [5.74, 6) is -1.94. The van der Waals surface area contributed by atoms with Gasteiger partial charge in [-0.15, -0.1) is 0 Å². The molecule has 2 amide bonds. The molecule has 2 aliphatic rings. The van der Waals surface area contributed by atoms with Crippen LogP contribution in [0.3, 0.4) is 0 Å². The van der Waals surface area contributed by atoms with Crippen LogP contribution < -0.4 is 9.96 Å². The number of halogens is 3. The van der Waals surface area contributed by atoms with Gasteiger partial charge in [-0.25, -0.2) is 9.96 Å². The molecule has 152 valence electrons. The minimum atomic E-state index is -4.57. The predicted molar refractivity (Wildman–Crippen MR) is 99.9 cm³/mol. The van der Waals surface area contributed by atoms with Gasteiger partial charge >= 0.3 is 6.18 Å². The van der Waals surface area contributed by atoms with Crippen molar-refractivity contribution in [1.29, 1.82) is 0 Å². The Morgan fingerprint density at radius 3 is 2.31 bits per heavy atom. The number of nitrogens with zero attached hydrogens (tertiary/aromatic N) is 2. The smallest absolute Gasteiger partial charge is 0.273 e. The van der Waals surface area contributed by atoms with Crippen LogP contribution in [0.4, 0.5) is 24.5 Å². The highest BCUT2D eigenvalue weighted by Gasteiger charge is 2.59. The number of imide groups is 1. The topological polar surface area (TPSA) is 49.9 Å². The van der Waals surface area contributed by atoms with Crippen LogP contribution in [0.5, 0.6) is 0 Å². The van der Waals surface area contributed by atoms with Crippen LogP contribution >= 0.6 is 0 Å². The van der Waals surface area contributed by atoms with Gasteiger partial charge in [0.05, 0.1) is 28.9 Å². The van der Waals surface area contributed by atoms with Crippen LogP contribution in [0.2, 0.25) is 0 Å². The van der Waals surface area contributed by atoms with E-state index in [4.69, 9.17) is 4.84 Å². The van der Waals surface area contributed by atoms with Crippen molar-refractivity contribution in [3.8, 4) is 0 Å². The summed E-state index contributed by atoms with van der Waals surface area (Å²) in [6.45, 7) is 1.96. The van der Waals surface area contributed by atoms with Gasteiger partial charge in [-0.05, 0) is 36.8 Å². The third kappa shape index (κ3) is 3.27. The average molecular weight is 404 g/mol. The molecule has 2 aromatic carbocycles. The first-order valence-electron chi connectivity index (χ1n) is 9.39. The zero-order chi connectivity index (χ0) is 20.8. The van der Waals surface area contributed by atoms with Crippen LogP contribution in [-0.4, -0.2) is 24.0 Å². The molecule has 8 heteroatoms. The van der Waals surface area contributed by atoms with Gasteiger partial charge in [0.25, 0.3) is 5.91 Å². The highest BCUT2D eigenvalue weighted by molar-refractivity contribution is 6.23. The number of hydroxylamine groups is 1. The van der Waals surface area contributed by atoms with E-state index in [0.29, 0.717) is 6.42 Å². The number of benzene rings is 2. The quantitative estimate of drug-likeness (QED) is 0.718. The van der Waals surface area contributed by atoms with E-state index in [9.17, 15) is 22.8 Å². The lowest BCUT2D eigenvalue weighted by atomic mass is 9.93.